The number of carbonyl (C=O) groups excluding carboxylic acids is 2. The Hall–Kier alpha value is -3.46. The Balaban J connectivity index is 1.65. The van der Waals surface area contributed by atoms with Crippen molar-refractivity contribution in [1.29, 1.82) is 0 Å². The number of thiophene rings is 1. The predicted octanol–water partition coefficient (Wildman–Crippen LogP) is 1.11. The third-order valence-corrected chi connectivity index (χ3v) is 11.6. The van der Waals surface area contributed by atoms with Gasteiger partial charge in [-0.3, -0.25) is 4.79 Å². The Morgan fingerprint density at radius 1 is 1.14 bits per heavy atom. The first kappa shape index (κ1) is 32.5. The molecule has 15 nitrogen and oxygen atoms in total. The normalized spacial score (nSPS) is 13.0. The van der Waals surface area contributed by atoms with Crippen molar-refractivity contribution >= 4 is 65.1 Å². The molecule has 0 aliphatic rings. The SMILES string of the molecule is COC(=O)NCC(=O)NCc1ccc(C(CO)N(Cc2cnn(S(=O)(=O)N(C)C)c2)S(=O)(=O)c2ccc3scnc3c2)s1. The minimum Gasteiger partial charge on any atom is -0.453 e. The predicted molar refractivity (Wildman–Crippen MR) is 159 cm³/mol. The van der Waals surface area contributed by atoms with E-state index < -0.39 is 44.9 Å². The van der Waals surface area contributed by atoms with Crippen molar-refractivity contribution in [2.45, 2.75) is 24.0 Å². The second-order valence-electron chi connectivity index (χ2n) is 9.17. The summed E-state index contributed by atoms with van der Waals surface area (Å²) < 4.78 is 61.3. The summed E-state index contributed by atoms with van der Waals surface area (Å²) in [6, 6.07) is 6.81. The topological polar surface area (TPSA) is 193 Å². The molecular formula is C24H29N7O8S4. The van der Waals surface area contributed by atoms with Crippen LogP contribution in [0.5, 0.6) is 0 Å². The number of benzene rings is 1. The number of sulfonamides is 1. The number of hydrogen-bond acceptors (Lipinski definition) is 12. The molecule has 43 heavy (non-hydrogen) atoms. The maximum absolute atomic E-state index is 14.1. The molecule has 0 aliphatic heterocycles. The van der Waals surface area contributed by atoms with Crippen LogP contribution in [0.1, 0.15) is 21.4 Å². The van der Waals surface area contributed by atoms with Crippen molar-refractivity contribution in [3.8, 4) is 0 Å². The summed E-state index contributed by atoms with van der Waals surface area (Å²) in [7, 11) is -4.36. The molecular weight excluding hydrogens is 643 g/mol. The number of ether oxygens (including phenoxy) is 1. The van der Waals surface area contributed by atoms with Gasteiger partial charge in [0.15, 0.2) is 0 Å². The van der Waals surface area contributed by atoms with E-state index in [9.17, 15) is 31.5 Å². The number of nitrogens with zero attached hydrogens (tertiary/aromatic N) is 5. The summed E-state index contributed by atoms with van der Waals surface area (Å²) in [5, 5.41) is 19.3. The fourth-order valence-corrected chi connectivity index (χ4v) is 8.01. The van der Waals surface area contributed by atoms with Crippen LogP contribution in [0.3, 0.4) is 0 Å². The number of aliphatic hydroxyl groups excluding tert-OH is 1. The Kier molecular flexibility index (Phi) is 10.2. The molecule has 2 amide bonds. The summed E-state index contributed by atoms with van der Waals surface area (Å²) in [5.41, 5.74) is 2.36. The highest BCUT2D eigenvalue weighted by molar-refractivity contribution is 7.89. The lowest BCUT2D eigenvalue weighted by atomic mass is 10.2. The molecule has 1 unspecified atom stereocenters. The fourth-order valence-electron chi connectivity index (χ4n) is 3.86. The summed E-state index contributed by atoms with van der Waals surface area (Å²) in [5.74, 6) is -0.467. The van der Waals surface area contributed by atoms with Gasteiger partial charge in [-0.1, -0.05) is 0 Å². The maximum atomic E-state index is 14.1. The number of carbonyl (C=O) groups is 2. The lowest BCUT2D eigenvalue weighted by Crippen LogP contribution is -2.36. The number of aromatic nitrogens is 3. The molecule has 0 spiro atoms. The van der Waals surface area contributed by atoms with Gasteiger partial charge >= 0.3 is 16.3 Å². The van der Waals surface area contributed by atoms with Crippen LogP contribution in [0.4, 0.5) is 4.79 Å². The minimum absolute atomic E-state index is 0.0557. The van der Waals surface area contributed by atoms with Gasteiger partial charge in [0, 0.05) is 42.2 Å². The molecule has 0 saturated heterocycles. The van der Waals surface area contributed by atoms with Gasteiger partial charge in [0.2, 0.25) is 15.9 Å². The largest absolute Gasteiger partial charge is 0.453 e. The Morgan fingerprint density at radius 3 is 2.60 bits per heavy atom. The summed E-state index contributed by atoms with van der Waals surface area (Å²) in [6.07, 6.45) is 1.71. The molecule has 0 saturated carbocycles. The number of amides is 2. The quantitative estimate of drug-likeness (QED) is 0.185. The maximum Gasteiger partial charge on any atom is 0.407 e. The number of fused-ring (bicyclic) bond motifs is 1. The van der Waals surface area contributed by atoms with E-state index in [4.69, 9.17) is 0 Å². The molecule has 0 aliphatic carbocycles. The first-order valence-electron chi connectivity index (χ1n) is 12.5. The van der Waals surface area contributed by atoms with E-state index in [1.807, 2.05) is 0 Å². The highest BCUT2D eigenvalue weighted by atomic mass is 32.2. The van der Waals surface area contributed by atoms with Crippen LogP contribution >= 0.6 is 22.7 Å². The molecule has 19 heteroatoms. The number of hydrogen-bond donors (Lipinski definition) is 3. The van der Waals surface area contributed by atoms with Gasteiger partial charge in [-0.2, -0.15) is 26.2 Å². The first-order valence-corrected chi connectivity index (χ1v) is 17.0. The van der Waals surface area contributed by atoms with Crippen molar-refractivity contribution in [2.75, 3.05) is 34.4 Å². The molecule has 3 aromatic heterocycles. The van der Waals surface area contributed by atoms with Gasteiger partial charge in [0.1, 0.15) is 6.54 Å². The molecule has 3 heterocycles. The molecule has 1 aromatic carbocycles. The highest BCUT2D eigenvalue weighted by Crippen LogP contribution is 2.34. The molecule has 4 rings (SSSR count). The molecule has 4 aromatic rings. The molecule has 1 atom stereocenters. The van der Waals surface area contributed by atoms with E-state index in [1.54, 1.807) is 23.7 Å². The van der Waals surface area contributed by atoms with E-state index in [2.05, 4.69) is 25.5 Å². The van der Waals surface area contributed by atoms with E-state index in [0.717, 1.165) is 17.4 Å². The Bertz CT molecular complexity index is 1810. The van der Waals surface area contributed by atoms with Crippen LogP contribution in [0.25, 0.3) is 10.2 Å². The summed E-state index contributed by atoms with van der Waals surface area (Å²) in [6.45, 7) is -1.11. The van der Waals surface area contributed by atoms with Crippen molar-refractivity contribution in [3.05, 3.63) is 63.6 Å². The van der Waals surface area contributed by atoms with Crippen molar-refractivity contribution in [1.82, 2.24) is 33.4 Å². The minimum atomic E-state index is -4.28. The number of nitrogens with one attached hydrogen (secondary N) is 2. The van der Waals surface area contributed by atoms with E-state index >= 15 is 0 Å². The number of thiazole rings is 1. The standard InChI is InChI=1S/C24H29N7O8S4/c1-29(2)43(37,38)31-13-16(9-28-31)12-30(42(35,36)18-5-7-21-19(8-18)27-15-40-21)20(14-32)22-6-4-17(41-22)10-25-23(33)11-26-24(34)39-3/h4-9,13,15,20,32H,10-12,14H2,1-3H3,(H,25,33)(H,26,34). The lowest BCUT2D eigenvalue weighted by molar-refractivity contribution is -0.120. The van der Waals surface area contributed by atoms with Crippen molar-refractivity contribution < 1.29 is 36.3 Å². The number of aliphatic hydroxyl groups is 1. The molecule has 0 fully saturated rings. The lowest BCUT2D eigenvalue weighted by Gasteiger charge is -2.29. The zero-order valence-electron chi connectivity index (χ0n) is 23.2. The smallest absolute Gasteiger partial charge is 0.407 e. The van der Waals surface area contributed by atoms with Gasteiger partial charge in [-0.05, 0) is 30.3 Å². The monoisotopic (exact) mass is 671 g/mol. The van der Waals surface area contributed by atoms with Gasteiger partial charge in [-0.25, -0.2) is 18.2 Å². The molecule has 232 valence electrons. The number of methoxy groups -OCH3 is 1. The van der Waals surface area contributed by atoms with E-state index in [1.165, 1.54) is 68.4 Å². The average Bonchev–Trinajstić information content (AvgIpc) is 3.75. The third kappa shape index (κ3) is 7.37. The Morgan fingerprint density at radius 2 is 1.91 bits per heavy atom. The van der Waals surface area contributed by atoms with Crippen molar-refractivity contribution in [3.63, 3.8) is 0 Å². The van der Waals surface area contributed by atoms with Crippen LogP contribution in [0.2, 0.25) is 0 Å². The van der Waals surface area contributed by atoms with Gasteiger partial charge in [-0.15, -0.1) is 22.7 Å². The van der Waals surface area contributed by atoms with Gasteiger partial charge in [0.25, 0.3) is 0 Å². The molecule has 0 radical (unpaired) electrons. The third-order valence-electron chi connectivity index (χ3n) is 6.13. The van der Waals surface area contributed by atoms with Gasteiger partial charge in [0.05, 0.1) is 53.1 Å². The molecule has 3 N–H and O–H groups in total. The van der Waals surface area contributed by atoms with E-state index in [-0.39, 0.29) is 30.1 Å². The Labute approximate surface area is 255 Å². The molecule has 0 bridgehead atoms. The zero-order chi connectivity index (χ0) is 31.4. The van der Waals surface area contributed by atoms with Crippen LogP contribution in [-0.2, 0) is 42.9 Å². The van der Waals surface area contributed by atoms with Crippen LogP contribution in [0, 0.1) is 0 Å². The number of alkyl carbamates (subject to hydrolysis) is 1. The summed E-state index contributed by atoms with van der Waals surface area (Å²) >= 11 is 2.54. The zero-order valence-corrected chi connectivity index (χ0v) is 26.5. The van der Waals surface area contributed by atoms with Crippen LogP contribution < -0.4 is 10.6 Å². The average molecular weight is 672 g/mol. The van der Waals surface area contributed by atoms with Crippen molar-refractivity contribution in [2.24, 2.45) is 0 Å². The fraction of sp³-hybridized carbons (Fsp3) is 0.333. The second-order valence-corrected chi connectivity index (χ2v) is 15.1. The van der Waals surface area contributed by atoms with E-state index in [0.29, 0.717) is 15.3 Å². The first-order chi connectivity index (χ1) is 20.4. The second kappa shape index (κ2) is 13.5. The highest BCUT2D eigenvalue weighted by Gasteiger charge is 2.34. The van der Waals surface area contributed by atoms with Crippen LogP contribution in [0.15, 0.2) is 53.1 Å². The van der Waals surface area contributed by atoms with Crippen LogP contribution in [-0.4, -0.2) is 91.1 Å². The summed E-state index contributed by atoms with van der Waals surface area (Å²) in [4.78, 5) is 28.5. The van der Waals surface area contributed by atoms with Gasteiger partial charge < -0.3 is 20.5 Å². The number of rotatable bonds is 13.